The van der Waals surface area contributed by atoms with E-state index in [2.05, 4.69) is 10.3 Å². The molecule has 2 amide bonds. The first-order chi connectivity index (χ1) is 13.4. The number of anilines is 1. The van der Waals surface area contributed by atoms with E-state index in [4.69, 9.17) is 4.74 Å². The third-order valence-electron chi connectivity index (χ3n) is 3.91. The van der Waals surface area contributed by atoms with Gasteiger partial charge in [-0.1, -0.05) is 12.1 Å². The molecule has 28 heavy (non-hydrogen) atoms. The fraction of sp³-hybridized carbons (Fsp3) is 0.300. The summed E-state index contributed by atoms with van der Waals surface area (Å²) < 4.78 is 4.96. The molecular weight excluding hydrogens is 378 g/mol. The van der Waals surface area contributed by atoms with Gasteiger partial charge in [0.1, 0.15) is 5.69 Å². The number of thioether (sulfide) groups is 1. The first kappa shape index (κ1) is 21.4. The molecule has 1 heterocycles. The number of amides is 2. The molecular formula is C20H23N3O4S. The maximum Gasteiger partial charge on any atom is 0.339 e. The van der Waals surface area contributed by atoms with Crippen LogP contribution in [-0.4, -0.2) is 54.1 Å². The number of pyridine rings is 1. The molecule has 2 rings (SSSR count). The fourth-order valence-electron chi connectivity index (χ4n) is 2.53. The number of hydrogen-bond donors (Lipinski definition) is 1. The van der Waals surface area contributed by atoms with Gasteiger partial charge in [-0.3, -0.25) is 9.59 Å². The van der Waals surface area contributed by atoms with Gasteiger partial charge in [0.15, 0.2) is 0 Å². The Labute approximate surface area is 168 Å². The molecule has 0 unspecified atom stereocenters. The van der Waals surface area contributed by atoms with Gasteiger partial charge in [0.05, 0.1) is 30.1 Å². The molecule has 148 valence electrons. The lowest BCUT2D eigenvalue weighted by molar-refractivity contribution is -0.116. The van der Waals surface area contributed by atoms with Gasteiger partial charge in [-0.25, -0.2) is 9.78 Å². The Bertz CT molecular complexity index is 886. The minimum atomic E-state index is -0.480. The highest BCUT2D eigenvalue weighted by molar-refractivity contribution is 7.98. The number of ether oxygens (including phenoxy) is 1. The summed E-state index contributed by atoms with van der Waals surface area (Å²) in [6.07, 6.45) is 1.93. The van der Waals surface area contributed by atoms with Gasteiger partial charge >= 0.3 is 5.97 Å². The van der Waals surface area contributed by atoms with Gasteiger partial charge < -0.3 is 15.0 Å². The van der Waals surface area contributed by atoms with Crippen molar-refractivity contribution in [1.29, 1.82) is 0 Å². The van der Waals surface area contributed by atoms with Crippen molar-refractivity contribution in [3.05, 3.63) is 53.3 Å². The van der Waals surface area contributed by atoms with E-state index < -0.39 is 11.9 Å². The minimum absolute atomic E-state index is 0.123. The van der Waals surface area contributed by atoms with Gasteiger partial charge in [-0.05, 0) is 44.4 Å². The zero-order chi connectivity index (χ0) is 20.7. The summed E-state index contributed by atoms with van der Waals surface area (Å²) in [5.41, 5.74) is 1.57. The van der Waals surface area contributed by atoms with Gasteiger partial charge in [0.25, 0.3) is 5.91 Å². The average Bonchev–Trinajstić information content (AvgIpc) is 2.67. The summed E-state index contributed by atoms with van der Waals surface area (Å²) in [5.74, 6) is -1.20. The molecule has 0 fully saturated rings. The third-order valence-corrected chi connectivity index (χ3v) is 4.70. The van der Waals surface area contributed by atoms with Crippen LogP contribution in [0, 0.1) is 6.92 Å². The predicted octanol–water partition coefficient (Wildman–Crippen LogP) is 3.00. The van der Waals surface area contributed by atoms with E-state index in [1.165, 1.54) is 35.8 Å². The lowest BCUT2D eigenvalue weighted by Gasteiger charge is -2.17. The smallest absolute Gasteiger partial charge is 0.339 e. The molecule has 0 saturated heterocycles. The molecule has 0 aliphatic heterocycles. The molecule has 2 aromatic rings. The minimum Gasteiger partial charge on any atom is -0.462 e. The first-order valence-corrected chi connectivity index (χ1v) is 9.93. The van der Waals surface area contributed by atoms with Crippen molar-refractivity contribution in [3.8, 4) is 0 Å². The highest BCUT2D eigenvalue weighted by Crippen LogP contribution is 2.24. The summed E-state index contributed by atoms with van der Waals surface area (Å²) in [5, 5.41) is 2.81. The van der Waals surface area contributed by atoms with Crippen LogP contribution in [0.5, 0.6) is 0 Å². The number of hydrogen-bond acceptors (Lipinski definition) is 6. The van der Waals surface area contributed by atoms with Crippen LogP contribution in [0.25, 0.3) is 0 Å². The van der Waals surface area contributed by atoms with Crippen LogP contribution in [0.15, 0.2) is 41.3 Å². The lowest BCUT2D eigenvalue weighted by Crippen LogP contribution is -2.35. The third kappa shape index (κ3) is 5.32. The lowest BCUT2D eigenvalue weighted by atomic mass is 10.2. The van der Waals surface area contributed by atoms with E-state index in [0.29, 0.717) is 16.9 Å². The number of carbonyl (C=O) groups is 3. The van der Waals surface area contributed by atoms with E-state index in [9.17, 15) is 14.4 Å². The number of benzene rings is 1. The van der Waals surface area contributed by atoms with E-state index in [0.717, 1.165) is 4.90 Å². The Morgan fingerprint density at radius 3 is 2.54 bits per heavy atom. The average molecular weight is 401 g/mol. The Balaban J connectivity index is 2.05. The van der Waals surface area contributed by atoms with Crippen molar-refractivity contribution in [3.63, 3.8) is 0 Å². The summed E-state index contributed by atoms with van der Waals surface area (Å²) in [7, 11) is 1.53. The molecule has 0 atom stereocenters. The van der Waals surface area contributed by atoms with Gasteiger partial charge in [0, 0.05) is 11.9 Å². The Morgan fingerprint density at radius 2 is 1.89 bits per heavy atom. The highest BCUT2D eigenvalue weighted by Gasteiger charge is 2.19. The van der Waals surface area contributed by atoms with Crippen molar-refractivity contribution in [1.82, 2.24) is 9.88 Å². The summed E-state index contributed by atoms with van der Waals surface area (Å²) >= 11 is 1.53. The van der Waals surface area contributed by atoms with Crippen LogP contribution in [-0.2, 0) is 9.53 Å². The van der Waals surface area contributed by atoms with Crippen LogP contribution in [0.1, 0.15) is 33.5 Å². The quantitative estimate of drug-likeness (QED) is 0.567. The van der Waals surface area contributed by atoms with Crippen molar-refractivity contribution < 1.29 is 19.1 Å². The predicted molar refractivity (Wildman–Crippen MR) is 109 cm³/mol. The van der Waals surface area contributed by atoms with Crippen molar-refractivity contribution in [2.45, 2.75) is 18.7 Å². The topological polar surface area (TPSA) is 88.6 Å². The first-order valence-electron chi connectivity index (χ1n) is 8.70. The monoisotopic (exact) mass is 401 g/mol. The zero-order valence-electron chi connectivity index (χ0n) is 16.3. The van der Waals surface area contributed by atoms with E-state index in [1.54, 1.807) is 13.8 Å². The van der Waals surface area contributed by atoms with Crippen molar-refractivity contribution in [2.24, 2.45) is 0 Å². The molecule has 0 radical (unpaired) electrons. The molecule has 1 aromatic heterocycles. The molecule has 7 nitrogen and oxygen atoms in total. The summed E-state index contributed by atoms with van der Waals surface area (Å²) in [6.45, 7) is 3.49. The van der Waals surface area contributed by atoms with E-state index in [1.807, 2.05) is 30.5 Å². The molecule has 0 bridgehead atoms. The van der Waals surface area contributed by atoms with Crippen molar-refractivity contribution in [2.75, 3.05) is 31.8 Å². The number of nitrogens with one attached hydrogen (secondary N) is 1. The highest BCUT2D eigenvalue weighted by atomic mass is 32.2. The molecule has 0 aliphatic rings. The number of carbonyl (C=O) groups excluding carboxylic acids is 3. The Hall–Kier alpha value is -2.87. The van der Waals surface area contributed by atoms with Crippen molar-refractivity contribution >= 4 is 35.2 Å². The molecule has 1 aromatic carbocycles. The number of aromatic nitrogens is 1. The molecule has 0 aliphatic carbocycles. The molecule has 0 saturated carbocycles. The normalized spacial score (nSPS) is 10.3. The number of esters is 1. The standard InChI is InChI=1S/C20H23N3O4S/c1-5-27-20(26)14-10-11-16(21-13(14)2)19(25)23(3)12-18(24)22-15-8-6-7-9-17(15)28-4/h6-11H,5,12H2,1-4H3,(H,22,24). The number of rotatable bonds is 7. The molecule has 0 spiro atoms. The van der Waals surface area contributed by atoms with Gasteiger partial charge in [-0.15, -0.1) is 11.8 Å². The second-order valence-corrected chi connectivity index (χ2v) is 6.81. The fourth-order valence-corrected chi connectivity index (χ4v) is 3.08. The molecule has 1 N–H and O–H groups in total. The zero-order valence-corrected chi connectivity index (χ0v) is 17.1. The van der Waals surface area contributed by atoms with Crippen LogP contribution in [0.4, 0.5) is 5.69 Å². The van der Waals surface area contributed by atoms with Crippen LogP contribution in [0.2, 0.25) is 0 Å². The maximum absolute atomic E-state index is 12.6. The summed E-state index contributed by atoms with van der Waals surface area (Å²) in [6, 6.07) is 10.4. The number of nitrogens with zero attached hydrogens (tertiary/aromatic N) is 2. The van der Waals surface area contributed by atoms with Crippen LogP contribution in [0.3, 0.4) is 0 Å². The number of aryl methyl sites for hydroxylation is 1. The van der Waals surface area contributed by atoms with Gasteiger partial charge in [-0.2, -0.15) is 0 Å². The van der Waals surface area contributed by atoms with E-state index >= 15 is 0 Å². The number of para-hydroxylation sites is 1. The second kappa shape index (κ2) is 9.89. The van der Waals surface area contributed by atoms with Crippen LogP contribution < -0.4 is 5.32 Å². The van der Waals surface area contributed by atoms with Crippen LogP contribution >= 0.6 is 11.8 Å². The Kier molecular flexibility index (Phi) is 7.57. The maximum atomic E-state index is 12.6. The molecule has 8 heteroatoms. The largest absolute Gasteiger partial charge is 0.462 e. The Morgan fingerprint density at radius 1 is 1.18 bits per heavy atom. The number of likely N-dealkylation sites (N-methyl/N-ethyl adjacent to an activating group) is 1. The van der Waals surface area contributed by atoms with Gasteiger partial charge in [0.2, 0.25) is 5.91 Å². The summed E-state index contributed by atoms with van der Waals surface area (Å²) in [4.78, 5) is 43.1. The SMILES string of the molecule is CCOC(=O)c1ccc(C(=O)N(C)CC(=O)Nc2ccccc2SC)nc1C. The second-order valence-electron chi connectivity index (χ2n) is 5.96. The van der Waals surface area contributed by atoms with E-state index in [-0.39, 0.29) is 24.8 Å².